The van der Waals surface area contributed by atoms with Gasteiger partial charge in [0.2, 0.25) is 0 Å². The van der Waals surface area contributed by atoms with Crippen molar-refractivity contribution in [2.24, 2.45) is 0 Å². The van der Waals surface area contributed by atoms with Gasteiger partial charge >= 0.3 is 5.69 Å². The highest BCUT2D eigenvalue weighted by molar-refractivity contribution is 5.15. The molecule has 4 atom stereocenters. The lowest BCUT2D eigenvalue weighted by molar-refractivity contribution is -0.0496. The zero-order valence-electron chi connectivity index (χ0n) is 12.7. The summed E-state index contributed by atoms with van der Waals surface area (Å²) in [6.07, 6.45) is -4.81. The molecule has 2 aromatic rings. The molecule has 0 saturated carbocycles. The lowest BCUT2D eigenvalue weighted by atomic mass is 10.1. The van der Waals surface area contributed by atoms with E-state index >= 15 is 0 Å². The summed E-state index contributed by atoms with van der Waals surface area (Å²) in [6, 6.07) is 10.0. The highest BCUT2D eigenvalue weighted by Gasteiger charge is 2.45. The summed E-state index contributed by atoms with van der Waals surface area (Å²) in [7, 11) is 0. The molecule has 0 unspecified atom stereocenters. The number of ether oxygens (including phenoxy) is 1. The van der Waals surface area contributed by atoms with Crippen LogP contribution in [-0.4, -0.2) is 44.3 Å². The highest BCUT2D eigenvalue weighted by atomic mass is 19.1. The zero-order valence-corrected chi connectivity index (χ0v) is 12.7. The highest BCUT2D eigenvalue weighted by Crippen LogP contribution is 2.30. The Hall–Kier alpha value is -2.29. The summed E-state index contributed by atoms with van der Waals surface area (Å²) in [5, 5.41) is 18.8. The number of rotatable bonds is 4. The first kappa shape index (κ1) is 16.6. The number of hydrogen-bond donors (Lipinski definition) is 2. The fourth-order valence-corrected chi connectivity index (χ4v) is 2.72. The Morgan fingerprint density at radius 1 is 1.17 bits per heavy atom. The van der Waals surface area contributed by atoms with Crippen LogP contribution in [0.25, 0.3) is 0 Å². The quantitative estimate of drug-likeness (QED) is 0.796. The smallest absolute Gasteiger partial charge is 0.333 e. The Bertz CT molecular complexity index is 819. The average Bonchev–Trinajstić information content (AvgIpc) is 2.88. The van der Waals surface area contributed by atoms with Crippen molar-refractivity contribution in [3.63, 3.8) is 0 Å². The molecule has 2 heterocycles. The molecule has 24 heavy (non-hydrogen) atoms. The first-order chi connectivity index (χ1) is 11.5. The fourth-order valence-electron chi connectivity index (χ4n) is 2.72. The van der Waals surface area contributed by atoms with Crippen LogP contribution in [0.2, 0.25) is 0 Å². The summed E-state index contributed by atoms with van der Waals surface area (Å²) >= 11 is 0. The summed E-state index contributed by atoms with van der Waals surface area (Å²) < 4.78 is 21.3. The summed E-state index contributed by atoms with van der Waals surface area (Å²) in [4.78, 5) is 24.6. The Morgan fingerprint density at radius 2 is 1.88 bits per heavy atom. The fraction of sp³-hybridized carbons (Fsp3) is 0.375. The predicted octanol–water partition coefficient (Wildman–Crippen LogP) is -0.353. The lowest BCUT2D eigenvalue weighted by Crippen LogP contribution is -2.42. The monoisotopic (exact) mass is 336 g/mol. The summed E-state index contributed by atoms with van der Waals surface area (Å²) in [5.41, 5.74) is -0.524. The molecule has 1 saturated heterocycles. The molecule has 3 rings (SSSR count). The van der Waals surface area contributed by atoms with Crippen molar-refractivity contribution in [2.75, 3.05) is 6.61 Å². The topological polar surface area (TPSA) is 93.7 Å². The van der Waals surface area contributed by atoms with E-state index in [1.165, 1.54) is 0 Å². The van der Waals surface area contributed by atoms with E-state index in [9.17, 15) is 19.1 Å². The van der Waals surface area contributed by atoms with E-state index in [1.54, 1.807) is 24.3 Å². The van der Waals surface area contributed by atoms with Crippen LogP contribution in [0.5, 0.6) is 0 Å². The number of nitrogens with zero attached hydrogens (tertiary/aromatic N) is 2. The molecule has 2 N–H and O–H groups in total. The van der Waals surface area contributed by atoms with Crippen LogP contribution in [0, 0.1) is 0 Å². The molecule has 8 heteroatoms. The SMILES string of the molecule is O=c1ccn([C@@H]2O[C@@H](CO)[C@@H](O)[C@@H]2F)c(=O)n1Cc1ccccc1. The number of aliphatic hydroxyl groups is 2. The molecule has 7 nitrogen and oxygen atoms in total. The van der Waals surface area contributed by atoms with E-state index in [1.807, 2.05) is 6.07 Å². The van der Waals surface area contributed by atoms with E-state index < -0.39 is 42.5 Å². The molecule has 1 aliphatic heterocycles. The van der Waals surface area contributed by atoms with Crippen molar-refractivity contribution < 1.29 is 19.3 Å². The van der Waals surface area contributed by atoms with Gasteiger partial charge in [-0.25, -0.2) is 9.18 Å². The minimum Gasteiger partial charge on any atom is -0.394 e. The normalized spacial score (nSPS) is 26.6. The molecule has 0 spiro atoms. The molecule has 0 amide bonds. The van der Waals surface area contributed by atoms with Gasteiger partial charge < -0.3 is 14.9 Å². The van der Waals surface area contributed by atoms with Crippen LogP contribution in [-0.2, 0) is 11.3 Å². The van der Waals surface area contributed by atoms with Crippen LogP contribution < -0.4 is 11.2 Å². The molecule has 1 aromatic carbocycles. The van der Waals surface area contributed by atoms with Crippen LogP contribution in [0.3, 0.4) is 0 Å². The third-order valence-electron chi connectivity index (χ3n) is 4.03. The number of alkyl halides is 1. The van der Waals surface area contributed by atoms with Gasteiger partial charge in [0.25, 0.3) is 5.56 Å². The molecule has 128 valence electrons. The van der Waals surface area contributed by atoms with Crippen molar-refractivity contribution in [2.45, 2.75) is 31.2 Å². The first-order valence-electron chi connectivity index (χ1n) is 7.47. The standard InChI is InChI=1S/C16H17FN2O5/c17-13-14(22)11(9-20)24-15(13)18-7-6-12(21)19(16(18)23)8-10-4-2-1-3-5-10/h1-7,11,13-15,20,22H,8-9H2/t11-,13-,14+,15+/m0/s1. The third-order valence-corrected chi connectivity index (χ3v) is 4.03. The van der Waals surface area contributed by atoms with Gasteiger partial charge in [0.05, 0.1) is 13.2 Å². The van der Waals surface area contributed by atoms with Gasteiger partial charge in [0.1, 0.15) is 12.2 Å². The molecule has 0 aliphatic carbocycles. The molecular weight excluding hydrogens is 319 g/mol. The van der Waals surface area contributed by atoms with Crippen molar-refractivity contribution in [1.29, 1.82) is 0 Å². The Balaban J connectivity index is 1.98. The minimum atomic E-state index is -1.89. The average molecular weight is 336 g/mol. The van der Waals surface area contributed by atoms with Crippen LogP contribution in [0.4, 0.5) is 4.39 Å². The van der Waals surface area contributed by atoms with Crippen molar-refractivity contribution in [3.8, 4) is 0 Å². The van der Waals surface area contributed by atoms with E-state index in [0.29, 0.717) is 0 Å². The third kappa shape index (κ3) is 2.91. The molecule has 1 aliphatic rings. The Morgan fingerprint density at radius 3 is 2.50 bits per heavy atom. The van der Waals surface area contributed by atoms with Gasteiger partial charge in [-0.15, -0.1) is 0 Å². The van der Waals surface area contributed by atoms with Gasteiger partial charge in [0, 0.05) is 12.3 Å². The summed E-state index contributed by atoms with van der Waals surface area (Å²) in [5.74, 6) is 0. The van der Waals surface area contributed by atoms with E-state index in [-0.39, 0.29) is 6.54 Å². The Labute approximate surface area is 136 Å². The van der Waals surface area contributed by atoms with Gasteiger partial charge in [0.15, 0.2) is 12.4 Å². The Kier molecular flexibility index (Phi) is 4.61. The van der Waals surface area contributed by atoms with Crippen molar-refractivity contribution in [1.82, 2.24) is 9.13 Å². The van der Waals surface area contributed by atoms with Crippen LogP contribution in [0.15, 0.2) is 52.2 Å². The molecule has 0 bridgehead atoms. The number of aliphatic hydroxyl groups excluding tert-OH is 2. The molecular formula is C16H17FN2O5. The first-order valence-corrected chi connectivity index (χ1v) is 7.47. The maximum atomic E-state index is 14.2. The van der Waals surface area contributed by atoms with Gasteiger partial charge in [-0.2, -0.15) is 0 Å². The second-order valence-corrected chi connectivity index (χ2v) is 5.60. The molecule has 0 radical (unpaired) electrons. The second kappa shape index (κ2) is 6.68. The van der Waals surface area contributed by atoms with Gasteiger partial charge in [-0.1, -0.05) is 30.3 Å². The largest absolute Gasteiger partial charge is 0.394 e. The lowest BCUT2D eigenvalue weighted by Gasteiger charge is -2.17. The maximum Gasteiger partial charge on any atom is 0.333 e. The zero-order chi connectivity index (χ0) is 17.3. The minimum absolute atomic E-state index is 0.0367. The number of aromatic nitrogens is 2. The molecule has 1 aromatic heterocycles. The summed E-state index contributed by atoms with van der Waals surface area (Å²) in [6.45, 7) is -0.536. The van der Waals surface area contributed by atoms with Gasteiger partial charge in [-0.3, -0.25) is 13.9 Å². The van der Waals surface area contributed by atoms with Crippen LogP contribution in [0.1, 0.15) is 11.8 Å². The van der Waals surface area contributed by atoms with E-state index in [2.05, 4.69) is 0 Å². The van der Waals surface area contributed by atoms with Gasteiger partial charge in [-0.05, 0) is 5.56 Å². The molecule has 1 fully saturated rings. The number of benzene rings is 1. The number of hydrogen-bond acceptors (Lipinski definition) is 5. The number of halogens is 1. The van der Waals surface area contributed by atoms with Crippen molar-refractivity contribution in [3.05, 3.63) is 69.0 Å². The second-order valence-electron chi connectivity index (χ2n) is 5.60. The van der Waals surface area contributed by atoms with E-state index in [4.69, 9.17) is 9.84 Å². The van der Waals surface area contributed by atoms with E-state index in [0.717, 1.165) is 27.0 Å². The maximum absolute atomic E-state index is 14.2. The van der Waals surface area contributed by atoms with Crippen LogP contribution >= 0.6 is 0 Å². The van der Waals surface area contributed by atoms with Crippen molar-refractivity contribution >= 4 is 0 Å². The predicted molar refractivity (Wildman–Crippen MR) is 82.4 cm³/mol.